The summed E-state index contributed by atoms with van der Waals surface area (Å²) in [4.78, 5) is 2.66. The van der Waals surface area contributed by atoms with E-state index in [-0.39, 0.29) is 10.8 Å². The van der Waals surface area contributed by atoms with E-state index in [0.717, 1.165) is 6.42 Å². The predicted molar refractivity (Wildman–Crippen MR) is 72.1 cm³/mol. The van der Waals surface area contributed by atoms with Gasteiger partial charge in [0.1, 0.15) is 0 Å². The van der Waals surface area contributed by atoms with Crippen molar-refractivity contribution < 1.29 is 5.11 Å². The van der Waals surface area contributed by atoms with Crippen LogP contribution in [0.1, 0.15) is 53.4 Å². The summed E-state index contributed by atoms with van der Waals surface area (Å²) in [6, 6.07) is 0.547. The third-order valence-electron chi connectivity index (χ3n) is 4.38. The van der Waals surface area contributed by atoms with Crippen LogP contribution in [0.15, 0.2) is 11.8 Å². The van der Waals surface area contributed by atoms with Crippen LogP contribution in [0, 0.1) is 10.8 Å². The normalized spacial score (nSPS) is 33.2. The molecule has 0 saturated carbocycles. The van der Waals surface area contributed by atoms with Crippen LogP contribution in [0.25, 0.3) is 0 Å². The number of aliphatic hydroxyl groups excluding tert-OH is 1. The van der Waals surface area contributed by atoms with Crippen LogP contribution in [0.4, 0.5) is 0 Å². The van der Waals surface area contributed by atoms with E-state index in [0.29, 0.717) is 11.8 Å². The fraction of sp³-hybridized carbons (Fsp3) is 0.867. The molecule has 1 aliphatic carbocycles. The van der Waals surface area contributed by atoms with Crippen LogP contribution in [0.3, 0.4) is 0 Å². The first-order valence-electron chi connectivity index (χ1n) is 6.98. The van der Waals surface area contributed by atoms with Gasteiger partial charge >= 0.3 is 0 Å². The highest BCUT2D eigenvalue weighted by molar-refractivity contribution is 5.16. The molecule has 2 nitrogen and oxygen atoms in total. The van der Waals surface area contributed by atoms with Crippen LogP contribution in [-0.4, -0.2) is 29.1 Å². The smallest absolute Gasteiger partial charge is 0.0894 e. The van der Waals surface area contributed by atoms with Gasteiger partial charge in [-0.25, -0.2) is 0 Å². The molecular weight excluding hydrogens is 210 g/mol. The molecule has 0 spiro atoms. The van der Waals surface area contributed by atoms with Gasteiger partial charge in [-0.3, -0.25) is 4.90 Å². The first-order chi connectivity index (χ1) is 7.83. The number of allylic oxidation sites excluding steroid dienone is 1. The first kappa shape index (κ1) is 12.9. The van der Waals surface area contributed by atoms with Gasteiger partial charge in [0.2, 0.25) is 0 Å². The van der Waals surface area contributed by atoms with Crippen molar-refractivity contribution in [2.75, 3.05) is 13.1 Å². The lowest BCUT2D eigenvalue weighted by Crippen LogP contribution is -2.56. The second-order valence-electron chi connectivity index (χ2n) is 7.12. The minimum atomic E-state index is 0.0726. The number of hydrogen-bond donors (Lipinski definition) is 1. The van der Waals surface area contributed by atoms with Gasteiger partial charge in [-0.2, -0.15) is 0 Å². The van der Waals surface area contributed by atoms with Crippen molar-refractivity contribution >= 4 is 0 Å². The number of nitrogens with zero attached hydrogens (tertiary/aromatic N) is 1. The zero-order chi connectivity index (χ0) is 12.7. The Morgan fingerprint density at radius 2 is 1.71 bits per heavy atom. The maximum absolute atomic E-state index is 9.94. The van der Waals surface area contributed by atoms with Crippen LogP contribution < -0.4 is 0 Å². The summed E-state index contributed by atoms with van der Waals surface area (Å²) in [5.41, 5.74) is 0.239. The number of rotatable bonds is 1. The van der Waals surface area contributed by atoms with Gasteiger partial charge in [0, 0.05) is 17.9 Å². The van der Waals surface area contributed by atoms with E-state index in [1.807, 2.05) is 0 Å². The van der Waals surface area contributed by atoms with Crippen molar-refractivity contribution in [1.82, 2.24) is 4.90 Å². The molecule has 0 bridgehead atoms. The highest BCUT2D eigenvalue weighted by Gasteiger charge is 2.46. The van der Waals surface area contributed by atoms with E-state index in [9.17, 15) is 5.11 Å². The van der Waals surface area contributed by atoms with Crippen molar-refractivity contribution in [3.63, 3.8) is 0 Å². The van der Waals surface area contributed by atoms with Gasteiger partial charge in [0.05, 0.1) is 5.76 Å². The van der Waals surface area contributed by atoms with E-state index < -0.39 is 0 Å². The second kappa shape index (κ2) is 4.31. The third kappa shape index (κ3) is 2.52. The molecule has 1 N–H and O–H groups in total. The monoisotopic (exact) mass is 237 g/mol. The zero-order valence-electron chi connectivity index (χ0n) is 11.8. The molecule has 0 aromatic carbocycles. The second-order valence-corrected chi connectivity index (χ2v) is 7.12. The van der Waals surface area contributed by atoms with Crippen LogP contribution in [0.2, 0.25) is 0 Å². The molecule has 1 unspecified atom stereocenters. The molecule has 2 aliphatic rings. The number of likely N-dealkylation sites (tertiary alicyclic amines) is 1. The maximum Gasteiger partial charge on any atom is 0.0894 e. The van der Waals surface area contributed by atoms with Gasteiger partial charge in [-0.1, -0.05) is 34.1 Å². The standard InChI is InChI=1S/C15H27NO/c1-14(2)10-12(17)11-15(3,4)13(14)16-8-6-5-7-9-16/h10,13,17H,5-9,11H2,1-4H3. The summed E-state index contributed by atoms with van der Waals surface area (Å²) < 4.78 is 0. The third-order valence-corrected chi connectivity index (χ3v) is 4.38. The fourth-order valence-corrected chi connectivity index (χ4v) is 4.27. The molecule has 1 saturated heterocycles. The molecular formula is C15H27NO. The molecule has 0 aromatic rings. The number of piperidine rings is 1. The lowest BCUT2D eigenvalue weighted by molar-refractivity contribution is -0.00828. The van der Waals surface area contributed by atoms with E-state index in [1.54, 1.807) is 0 Å². The Hall–Kier alpha value is -0.500. The quantitative estimate of drug-likeness (QED) is 0.751. The average Bonchev–Trinajstić information content (AvgIpc) is 2.14. The molecule has 17 heavy (non-hydrogen) atoms. The Kier molecular flexibility index (Phi) is 3.28. The average molecular weight is 237 g/mol. The summed E-state index contributed by atoms with van der Waals surface area (Å²) in [7, 11) is 0. The van der Waals surface area contributed by atoms with Crippen LogP contribution in [-0.2, 0) is 0 Å². The Morgan fingerprint density at radius 1 is 1.12 bits per heavy atom. The van der Waals surface area contributed by atoms with Gasteiger partial charge in [0.15, 0.2) is 0 Å². The Balaban J connectivity index is 2.28. The van der Waals surface area contributed by atoms with E-state index >= 15 is 0 Å². The molecule has 0 aromatic heterocycles. The molecule has 98 valence electrons. The summed E-state index contributed by atoms with van der Waals surface area (Å²) in [6.07, 6.45) is 6.94. The van der Waals surface area contributed by atoms with Crippen molar-refractivity contribution in [3.05, 3.63) is 11.8 Å². The van der Waals surface area contributed by atoms with Crippen molar-refractivity contribution in [2.45, 2.75) is 59.4 Å². The van der Waals surface area contributed by atoms with Gasteiger partial charge in [-0.05, 0) is 37.4 Å². The summed E-state index contributed by atoms with van der Waals surface area (Å²) >= 11 is 0. The highest BCUT2D eigenvalue weighted by Crippen LogP contribution is 2.47. The van der Waals surface area contributed by atoms with Gasteiger partial charge in [0.25, 0.3) is 0 Å². The summed E-state index contributed by atoms with van der Waals surface area (Å²) in [6.45, 7) is 11.6. The largest absolute Gasteiger partial charge is 0.513 e. The molecule has 1 aliphatic heterocycles. The Bertz CT molecular complexity index is 311. The molecule has 1 atom stereocenters. The zero-order valence-corrected chi connectivity index (χ0v) is 11.8. The van der Waals surface area contributed by atoms with Crippen molar-refractivity contribution in [3.8, 4) is 0 Å². The molecule has 1 fully saturated rings. The van der Waals surface area contributed by atoms with Crippen molar-refractivity contribution in [1.29, 1.82) is 0 Å². The summed E-state index contributed by atoms with van der Waals surface area (Å²) in [5, 5.41) is 9.94. The van der Waals surface area contributed by atoms with E-state index in [4.69, 9.17) is 0 Å². The highest BCUT2D eigenvalue weighted by atomic mass is 16.3. The number of hydrogen-bond acceptors (Lipinski definition) is 2. The Morgan fingerprint density at radius 3 is 2.24 bits per heavy atom. The van der Waals surface area contributed by atoms with Gasteiger partial charge < -0.3 is 5.11 Å². The van der Waals surface area contributed by atoms with E-state index in [1.165, 1.54) is 32.4 Å². The lowest BCUT2D eigenvalue weighted by atomic mass is 9.63. The van der Waals surface area contributed by atoms with Crippen molar-refractivity contribution in [2.24, 2.45) is 10.8 Å². The molecule has 0 amide bonds. The SMILES string of the molecule is CC1(C)C=C(O)CC(C)(C)C1N1CCCCC1. The minimum Gasteiger partial charge on any atom is -0.513 e. The predicted octanol–water partition coefficient (Wildman–Crippen LogP) is 3.74. The number of aliphatic hydroxyl groups is 1. The topological polar surface area (TPSA) is 23.5 Å². The minimum absolute atomic E-state index is 0.0726. The molecule has 1 heterocycles. The fourth-order valence-electron chi connectivity index (χ4n) is 4.27. The van der Waals surface area contributed by atoms with Crippen LogP contribution in [0.5, 0.6) is 0 Å². The molecule has 2 heteroatoms. The molecule has 0 radical (unpaired) electrons. The first-order valence-corrected chi connectivity index (χ1v) is 6.98. The van der Waals surface area contributed by atoms with Crippen LogP contribution >= 0.6 is 0 Å². The Labute approximate surface area is 106 Å². The maximum atomic E-state index is 9.94. The summed E-state index contributed by atoms with van der Waals surface area (Å²) in [5.74, 6) is 0.577. The molecule has 2 rings (SSSR count). The van der Waals surface area contributed by atoms with Gasteiger partial charge in [-0.15, -0.1) is 0 Å². The van der Waals surface area contributed by atoms with E-state index in [2.05, 4.69) is 38.7 Å². The lowest BCUT2D eigenvalue weighted by Gasteiger charge is -2.53.